The van der Waals surface area contributed by atoms with Crippen molar-refractivity contribution in [3.8, 4) is 5.75 Å². The van der Waals surface area contributed by atoms with Crippen molar-refractivity contribution in [1.82, 2.24) is 0 Å². The summed E-state index contributed by atoms with van der Waals surface area (Å²) in [7, 11) is -3.32. The van der Waals surface area contributed by atoms with Gasteiger partial charge in [-0.1, -0.05) is 24.3 Å². The molecule has 37 heavy (non-hydrogen) atoms. The maximum Gasteiger partial charge on any atom is 0.573 e. The summed E-state index contributed by atoms with van der Waals surface area (Å²) in [6, 6.07) is 17.2. The van der Waals surface area contributed by atoms with Crippen LogP contribution in [-0.4, -0.2) is 32.3 Å². The number of hydrogen-bond acceptors (Lipinski definition) is 5. The summed E-state index contributed by atoms with van der Waals surface area (Å²) in [5, 5.41) is 5.06. The Bertz CT molecular complexity index is 1380. The predicted molar refractivity (Wildman–Crippen MR) is 131 cm³/mol. The molecule has 7 nitrogen and oxygen atoms in total. The Hall–Kier alpha value is -3.86. The Morgan fingerprint density at radius 1 is 0.892 bits per heavy atom. The summed E-state index contributed by atoms with van der Waals surface area (Å²) in [4.78, 5) is 25.1. The maximum atomic E-state index is 12.6. The molecule has 1 saturated carbocycles. The maximum absolute atomic E-state index is 12.6. The van der Waals surface area contributed by atoms with Gasteiger partial charge in [-0.05, 0) is 72.9 Å². The molecule has 0 radical (unpaired) electrons. The third-order valence-electron chi connectivity index (χ3n) is 5.59. The number of hydrogen-bond donors (Lipinski definition) is 2. The number of nitrogens with one attached hydrogen (secondary N) is 2. The molecule has 1 aliphatic rings. The molecule has 0 spiro atoms. The van der Waals surface area contributed by atoms with Gasteiger partial charge in [-0.25, -0.2) is 8.42 Å². The average molecular weight is 533 g/mol. The van der Waals surface area contributed by atoms with Crippen molar-refractivity contribution < 1.29 is 35.9 Å². The van der Waals surface area contributed by atoms with Gasteiger partial charge in [-0.2, -0.15) is 0 Å². The normalized spacial score (nSPS) is 13.6. The van der Waals surface area contributed by atoms with Gasteiger partial charge in [0.15, 0.2) is 15.6 Å². The third kappa shape index (κ3) is 7.56. The molecule has 11 heteroatoms. The lowest BCUT2D eigenvalue weighted by atomic mass is 10.1. The van der Waals surface area contributed by atoms with Crippen LogP contribution < -0.4 is 15.4 Å². The van der Waals surface area contributed by atoms with E-state index in [0.29, 0.717) is 11.3 Å². The lowest BCUT2D eigenvalue weighted by Crippen LogP contribution is -2.19. The topological polar surface area (TPSA) is 102 Å². The lowest BCUT2D eigenvalue weighted by molar-refractivity contribution is -0.274. The van der Waals surface area contributed by atoms with Crippen LogP contribution in [0.25, 0.3) is 0 Å². The summed E-state index contributed by atoms with van der Waals surface area (Å²) in [5.41, 5.74) is 1.06. The Labute approximate surface area is 211 Å². The van der Waals surface area contributed by atoms with Crippen molar-refractivity contribution in [1.29, 1.82) is 0 Å². The largest absolute Gasteiger partial charge is 0.573 e. The number of carbonyl (C=O) groups excluding carboxylic acids is 2. The second-order valence-corrected chi connectivity index (χ2v) is 10.7. The molecule has 1 aliphatic carbocycles. The average Bonchev–Trinajstić information content (AvgIpc) is 3.63. The number of carbonyl (C=O) groups is 2. The van der Waals surface area contributed by atoms with Crippen LogP contribution in [-0.2, 0) is 21.1 Å². The van der Waals surface area contributed by atoms with Crippen LogP contribution in [0, 0.1) is 5.92 Å². The molecular weight excluding hydrogens is 509 g/mol. The summed E-state index contributed by atoms with van der Waals surface area (Å²) >= 11 is 0. The first kappa shape index (κ1) is 26.2. The predicted octanol–water partition coefficient (Wildman–Crippen LogP) is 5.20. The number of para-hydroxylation sites is 2. The summed E-state index contributed by atoms with van der Waals surface area (Å²) in [6.45, 7) is 0. The molecule has 2 amide bonds. The first-order chi connectivity index (χ1) is 17.5. The summed E-state index contributed by atoms with van der Waals surface area (Å²) < 4.78 is 66.4. The van der Waals surface area contributed by atoms with Crippen molar-refractivity contribution in [3.05, 3.63) is 83.9 Å². The van der Waals surface area contributed by atoms with Crippen molar-refractivity contribution in [3.63, 3.8) is 0 Å². The smallest absolute Gasteiger partial charge is 0.404 e. The van der Waals surface area contributed by atoms with Gasteiger partial charge in [0.1, 0.15) is 0 Å². The molecule has 3 aromatic rings. The SMILES string of the molecule is O=C(Cc1ccc(S(=O)(=O)CC2CC2)cc1)Nc1ccc(C(=O)Nc2ccccc2OC(F)(F)F)cc1. The van der Waals surface area contributed by atoms with Gasteiger partial charge in [0, 0.05) is 11.3 Å². The van der Waals surface area contributed by atoms with E-state index in [2.05, 4.69) is 15.4 Å². The minimum absolute atomic E-state index is 0.0151. The molecule has 2 N–H and O–H groups in total. The van der Waals surface area contributed by atoms with E-state index in [4.69, 9.17) is 0 Å². The summed E-state index contributed by atoms with van der Waals surface area (Å²) in [6.07, 6.45) is -3.01. The summed E-state index contributed by atoms with van der Waals surface area (Å²) in [5.74, 6) is -1.15. The molecule has 0 saturated heterocycles. The van der Waals surface area contributed by atoms with E-state index < -0.39 is 27.9 Å². The van der Waals surface area contributed by atoms with Crippen molar-refractivity contribution >= 4 is 33.0 Å². The zero-order chi connectivity index (χ0) is 26.6. The fourth-order valence-electron chi connectivity index (χ4n) is 3.58. The minimum Gasteiger partial charge on any atom is -0.404 e. The minimum atomic E-state index is -4.91. The van der Waals surface area contributed by atoms with Crippen molar-refractivity contribution in [2.45, 2.75) is 30.5 Å². The molecular formula is C26H23F3N2O5S. The van der Waals surface area contributed by atoms with Gasteiger partial charge in [0.25, 0.3) is 5.91 Å². The Balaban J connectivity index is 1.33. The fourth-order valence-corrected chi connectivity index (χ4v) is 5.28. The molecule has 194 valence electrons. The Kier molecular flexibility index (Phi) is 7.53. The highest BCUT2D eigenvalue weighted by atomic mass is 32.2. The third-order valence-corrected chi connectivity index (χ3v) is 7.49. The van der Waals surface area contributed by atoms with Crippen LogP contribution in [0.2, 0.25) is 0 Å². The van der Waals surface area contributed by atoms with E-state index >= 15 is 0 Å². The highest BCUT2D eigenvalue weighted by molar-refractivity contribution is 7.91. The van der Waals surface area contributed by atoms with E-state index in [1.807, 2.05) is 0 Å². The zero-order valence-corrected chi connectivity index (χ0v) is 20.2. The van der Waals surface area contributed by atoms with Crippen molar-refractivity contribution in [2.75, 3.05) is 16.4 Å². The van der Waals surface area contributed by atoms with Crippen molar-refractivity contribution in [2.24, 2.45) is 5.92 Å². The second kappa shape index (κ2) is 10.6. The molecule has 0 aromatic heterocycles. The highest BCUT2D eigenvalue weighted by Gasteiger charge is 2.32. The van der Waals surface area contributed by atoms with Gasteiger partial charge in [-0.15, -0.1) is 13.2 Å². The van der Waals surface area contributed by atoms with E-state index in [9.17, 15) is 31.2 Å². The number of rotatable bonds is 9. The lowest BCUT2D eigenvalue weighted by Gasteiger charge is -2.14. The van der Waals surface area contributed by atoms with Crippen LogP contribution in [0.3, 0.4) is 0 Å². The first-order valence-electron chi connectivity index (χ1n) is 11.4. The quantitative estimate of drug-likeness (QED) is 0.394. The molecule has 3 aromatic carbocycles. The number of halogens is 3. The van der Waals surface area contributed by atoms with Crippen LogP contribution in [0.5, 0.6) is 5.75 Å². The molecule has 1 fully saturated rings. The van der Waals surface area contributed by atoms with E-state index in [0.717, 1.165) is 18.9 Å². The number of amides is 2. The molecule has 0 unspecified atom stereocenters. The van der Waals surface area contributed by atoms with Crippen LogP contribution in [0.15, 0.2) is 77.7 Å². The Morgan fingerprint density at radius 2 is 1.54 bits per heavy atom. The van der Waals surface area contributed by atoms with Gasteiger partial charge < -0.3 is 15.4 Å². The van der Waals surface area contributed by atoms with Gasteiger partial charge in [-0.3, -0.25) is 9.59 Å². The van der Waals surface area contributed by atoms with Gasteiger partial charge >= 0.3 is 6.36 Å². The number of alkyl halides is 3. The van der Waals surface area contributed by atoms with E-state index in [1.54, 1.807) is 12.1 Å². The number of ether oxygens (including phenoxy) is 1. The van der Waals surface area contributed by atoms with E-state index in [1.165, 1.54) is 54.6 Å². The molecule has 4 rings (SSSR count). The zero-order valence-electron chi connectivity index (χ0n) is 19.4. The Morgan fingerprint density at radius 3 is 2.16 bits per heavy atom. The van der Waals surface area contributed by atoms with Gasteiger partial charge in [0.05, 0.1) is 22.8 Å². The van der Waals surface area contributed by atoms with E-state index in [-0.39, 0.29) is 40.1 Å². The van der Waals surface area contributed by atoms with Crippen LogP contribution >= 0.6 is 0 Å². The monoisotopic (exact) mass is 532 g/mol. The standard InChI is InChI=1S/C26H23F3N2O5S/c27-26(28,29)36-23-4-2-1-3-22(23)31-25(33)19-9-11-20(12-10-19)30-24(32)15-17-7-13-21(14-8-17)37(34,35)16-18-5-6-18/h1-4,7-14,18H,5-6,15-16H2,(H,30,32)(H,31,33). The molecule has 0 aliphatic heterocycles. The number of benzene rings is 3. The van der Waals surface area contributed by atoms with Gasteiger partial charge in [0.2, 0.25) is 5.91 Å². The number of anilines is 2. The molecule has 0 bridgehead atoms. The van der Waals surface area contributed by atoms with Crippen LogP contribution in [0.1, 0.15) is 28.8 Å². The highest BCUT2D eigenvalue weighted by Crippen LogP contribution is 2.32. The van der Waals surface area contributed by atoms with Crippen LogP contribution in [0.4, 0.5) is 24.5 Å². The molecule has 0 heterocycles. The molecule has 0 atom stereocenters. The second-order valence-electron chi connectivity index (χ2n) is 8.67. The fraction of sp³-hybridized carbons (Fsp3) is 0.231. The first-order valence-corrected chi connectivity index (χ1v) is 13.0. The number of sulfone groups is 1.